The van der Waals surface area contributed by atoms with Crippen LogP contribution in [0.5, 0.6) is 0 Å². The summed E-state index contributed by atoms with van der Waals surface area (Å²) in [7, 11) is 0. The second kappa shape index (κ2) is 7.34. The fourth-order valence-corrected chi connectivity index (χ4v) is 4.35. The van der Waals surface area contributed by atoms with Gasteiger partial charge in [-0.05, 0) is 42.7 Å². The minimum Gasteiger partial charge on any atom is -0.480 e. The van der Waals surface area contributed by atoms with Crippen molar-refractivity contribution < 1.29 is 19.5 Å². The largest absolute Gasteiger partial charge is 0.480 e. The molecule has 130 valence electrons. The molecule has 1 saturated heterocycles. The molecule has 1 aromatic rings. The first kappa shape index (κ1) is 17.0. The number of amides is 2. The minimum atomic E-state index is -0.949. The highest BCUT2D eigenvalue weighted by Gasteiger charge is 2.32. The van der Waals surface area contributed by atoms with Crippen LogP contribution in [0.2, 0.25) is 0 Å². The lowest BCUT2D eigenvalue weighted by Crippen LogP contribution is -2.48. The van der Waals surface area contributed by atoms with Crippen molar-refractivity contribution in [3.63, 3.8) is 0 Å². The maximum Gasteiger partial charge on any atom is 0.326 e. The summed E-state index contributed by atoms with van der Waals surface area (Å²) in [5.41, 5.74) is 1.20. The number of rotatable bonds is 4. The molecule has 0 radical (unpaired) electrons. The molecule has 6 nitrogen and oxygen atoms in total. The molecule has 0 aliphatic carbocycles. The smallest absolute Gasteiger partial charge is 0.326 e. The number of fused-ring (bicyclic) bond motifs is 1. The van der Waals surface area contributed by atoms with E-state index in [0.717, 1.165) is 19.3 Å². The molecule has 2 amide bonds. The van der Waals surface area contributed by atoms with E-state index in [0.29, 0.717) is 26.1 Å². The third-order valence-electron chi connectivity index (χ3n) is 4.82. The lowest BCUT2D eigenvalue weighted by atomic mass is 10.0. The van der Waals surface area contributed by atoms with Crippen LogP contribution in [0.4, 0.5) is 0 Å². The average molecular weight is 350 g/mol. The molecule has 1 fully saturated rings. The molecule has 3 rings (SSSR count). The predicted molar refractivity (Wildman–Crippen MR) is 89.7 cm³/mol. The molecule has 1 atom stereocenters. The number of nitrogens with zero attached hydrogens (tertiary/aromatic N) is 2. The fraction of sp³-hybridized carbons (Fsp3) is 0.588. The van der Waals surface area contributed by atoms with Gasteiger partial charge in [0.05, 0.1) is 0 Å². The topological polar surface area (TPSA) is 77.9 Å². The number of aliphatic carboxylic acids is 1. The number of carbonyl (C=O) groups excluding carboxylic acids is 2. The quantitative estimate of drug-likeness (QED) is 0.899. The number of likely N-dealkylation sites (tertiary alicyclic amines) is 1. The van der Waals surface area contributed by atoms with E-state index in [1.54, 1.807) is 16.2 Å². The Hall–Kier alpha value is -1.89. The average Bonchev–Trinajstić information content (AvgIpc) is 3.06. The van der Waals surface area contributed by atoms with Crippen molar-refractivity contribution in [2.24, 2.45) is 0 Å². The maximum absolute atomic E-state index is 12.4. The molecule has 2 aliphatic rings. The van der Waals surface area contributed by atoms with Crippen LogP contribution >= 0.6 is 11.3 Å². The van der Waals surface area contributed by atoms with Crippen molar-refractivity contribution in [2.75, 3.05) is 13.1 Å². The first-order valence-corrected chi connectivity index (χ1v) is 9.29. The Morgan fingerprint density at radius 1 is 1.17 bits per heavy atom. The van der Waals surface area contributed by atoms with E-state index in [1.165, 1.54) is 15.3 Å². The molecular formula is C17H22N2O4S. The molecular weight excluding hydrogens is 328 g/mol. The van der Waals surface area contributed by atoms with Gasteiger partial charge in [-0.3, -0.25) is 9.59 Å². The SMILES string of the molecule is O=C(O)[C@@H]1CCCCN1C(=O)CCC(=O)N1CCc2sccc2C1. The van der Waals surface area contributed by atoms with Gasteiger partial charge in [-0.1, -0.05) is 0 Å². The summed E-state index contributed by atoms with van der Waals surface area (Å²) in [6.45, 7) is 1.79. The van der Waals surface area contributed by atoms with Crippen molar-refractivity contribution >= 4 is 29.1 Å². The number of carboxylic acid groups (broad SMARTS) is 1. The number of carbonyl (C=O) groups is 3. The molecule has 3 heterocycles. The van der Waals surface area contributed by atoms with Crippen LogP contribution < -0.4 is 0 Å². The predicted octanol–water partition coefficient (Wildman–Crippen LogP) is 1.88. The van der Waals surface area contributed by atoms with Crippen LogP contribution in [0.1, 0.15) is 42.5 Å². The van der Waals surface area contributed by atoms with Crippen LogP contribution in [0.25, 0.3) is 0 Å². The third-order valence-corrected chi connectivity index (χ3v) is 5.84. The Morgan fingerprint density at radius 2 is 1.96 bits per heavy atom. The van der Waals surface area contributed by atoms with Crippen molar-refractivity contribution in [1.29, 1.82) is 0 Å². The van der Waals surface area contributed by atoms with Crippen LogP contribution in [-0.4, -0.2) is 51.8 Å². The summed E-state index contributed by atoms with van der Waals surface area (Å²) in [4.78, 5) is 40.6. The summed E-state index contributed by atoms with van der Waals surface area (Å²) in [5.74, 6) is -1.19. The van der Waals surface area contributed by atoms with Gasteiger partial charge in [0.25, 0.3) is 0 Å². The second-order valence-corrected chi connectivity index (χ2v) is 7.37. The highest BCUT2D eigenvalue weighted by molar-refractivity contribution is 7.10. The molecule has 1 aromatic heterocycles. The van der Waals surface area contributed by atoms with E-state index in [1.807, 2.05) is 5.38 Å². The highest BCUT2D eigenvalue weighted by Crippen LogP contribution is 2.25. The van der Waals surface area contributed by atoms with Gasteiger partial charge in [0.15, 0.2) is 0 Å². The number of carboxylic acids is 1. The zero-order valence-corrected chi connectivity index (χ0v) is 14.4. The first-order chi connectivity index (χ1) is 11.6. The molecule has 24 heavy (non-hydrogen) atoms. The standard InChI is InChI=1S/C17H22N2O4S/c20-15(18-9-6-14-12(11-18)7-10-24-14)4-5-16(21)19-8-2-1-3-13(19)17(22)23/h7,10,13H,1-6,8-9,11H2,(H,22,23)/t13-/m0/s1. The van der Waals surface area contributed by atoms with E-state index in [-0.39, 0.29) is 24.7 Å². The van der Waals surface area contributed by atoms with Crippen molar-refractivity contribution in [3.05, 3.63) is 21.9 Å². The van der Waals surface area contributed by atoms with Gasteiger partial charge in [0.2, 0.25) is 11.8 Å². The van der Waals surface area contributed by atoms with Crippen LogP contribution in [0.15, 0.2) is 11.4 Å². The monoisotopic (exact) mass is 350 g/mol. The first-order valence-electron chi connectivity index (χ1n) is 8.41. The van der Waals surface area contributed by atoms with Gasteiger partial charge < -0.3 is 14.9 Å². The summed E-state index contributed by atoms with van der Waals surface area (Å²) < 4.78 is 0. The van der Waals surface area contributed by atoms with Crippen molar-refractivity contribution in [1.82, 2.24) is 9.80 Å². The Bertz CT molecular complexity index is 642. The molecule has 2 aliphatic heterocycles. The van der Waals surface area contributed by atoms with Crippen molar-refractivity contribution in [2.45, 2.75) is 51.1 Å². The number of hydrogen-bond acceptors (Lipinski definition) is 4. The van der Waals surface area contributed by atoms with Crippen molar-refractivity contribution in [3.8, 4) is 0 Å². The number of hydrogen-bond donors (Lipinski definition) is 1. The van der Waals surface area contributed by atoms with Gasteiger partial charge in [-0.15, -0.1) is 11.3 Å². The van der Waals surface area contributed by atoms with Gasteiger partial charge in [0, 0.05) is 37.4 Å². The molecule has 0 bridgehead atoms. The lowest BCUT2D eigenvalue weighted by molar-refractivity contribution is -0.152. The molecule has 0 spiro atoms. The van der Waals surface area contributed by atoms with E-state index in [2.05, 4.69) is 6.07 Å². The van der Waals surface area contributed by atoms with Crippen LogP contribution in [-0.2, 0) is 27.3 Å². The van der Waals surface area contributed by atoms with E-state index < -0.39 is 12.0 Å². The van der Waals surface area contributed by atoms with Gasteiger partial charge in [-0.25, -0.2) is 4.79 Å². The second-order valence-electron chi connectivity index (χ2n) is 6.37. The Balaban J connectivity index is 1.52. The molecule has 1 N–H and O–H groups in total. The zero-order valence-electron chi connectivity index (χ0n) is 13.6. The Morgan fingerprint density at radius 3 is 2.75 bits per heavy atom. The summed E-state index contributed by atoms with van der Waals surface area (Å²) in [6, 6.07) is 1.32. The molecule has 0 saturated carbocycles. The van der Waals surface area contributed by atoms with Gasteiger partial charge in [-0.2, -0.15) is 0 Å². The molecule has 0 unspecified atom stereocenters. The fourth-order valence-electron chi connectivity index (χ4n) is 3.46. The third kappa shape index (κ3) is 3.61. The molecule has 0 aromatic carbocycles. The van der Waals surface area contributed by atoms with Crippen LogP contribution in [0, 0.1) is 0 Å². The normalized spacial score (nSPS) is 20.6. The maximum atomic E-state index is 12.4. The number of thiophene rings is 1. The Kier molecular flexibility index (Phi) is 5.18. The van der Waals surface area contributed by atoms with E-state index in [4.69, 9.17) is 0 Å². The summed E-state index contributed by atoms with van der Waals surface area (Å²) in [6.07, 6.45) is 3.28. The highest BCUT2D eigenvalue weighted by atomic mass is 32.1. The number of piperidine rings is 1. The summed E-state index contributed by atoms with van der Waals surface area (Å²) in [5, 5.41) is 11.3. The zero-order chi connectivity index (χ0) is 17.1. The van der Waals surface area contributed by atoms with Crippen LogP contribution in [0.3, 0.4) is 0 Å². The van der Waals surface area contributed by atoms with E-state index in [9.17, 15) is 19.5 Å². The van der Waals surface area contributed by atoms with E-state index >= 15 is 0 Å². The minimum absolute atomic E-state index is 0.0240. The Labute approximate surface area is 145 Å². The summed E-state index contributed by atoms with van der Waals surface area (Å²) >= 11 is 1.72. The van der Waals surface area contributed by atoms with Gasteiger partial charge in [0.1, 0.15) is 6.04 Å². The van der Waals surface area contributed by atoms with Gasteiger partial charge >= 0.3 is 5.97 Å². The molecule has 7 heteroatoms. The lowest BCUT2D eigenvalue weighted by Gasteiger charge is -2.33.